The van der Waals surface area contributed by atoms with E-state index in [-0.39, 0.29) is 0 Å². The van der Waals surface area contributed by atoms with E-state index in [1.165, 1.54) is 29.2 Å². The van der Waals surface area contributed by atoms with Crippen molar-refractivity contribution in [2.75, 3.05) is 26.2 Å². The quantitative estimate of drug-likeness (QED) is 0.443. The lowest BCUT2D eigenvalue weighted by atomic mass is 9.97. The number of thiazole rings is 2. The molecule has 3 rings (SSSR count). The topological polar surface area (TPSA) is 65.4 Å². The van der Waals surface area contributed by atoms with Crippen molar-refractivity contribution in [2.24, 2.45) is 10.9 Å². The van der Waals surface area contributed by atoms with Crippen molar-refractivity contribution in [1.29, 1.82) is 0 Å². The van der Waals surface area contributed by atoms with Crippen LogP contribution in [0.4, 0.5) is 0 Å². The molecule has 2 N–H and O–H groups in total. The van der Waals surface area contributed by atoms with Crippen LogP contribution in [0.25, 0.3) is 0 Å². The Labute approximate surface area is 189 Å². The number of nitrogens with one attached hydrogen (secondary N) is 2. The zero-order valence-corrected chi connectivity index (χ0v) is 20.4. The van der Waals surface area contributed by atoms with E-state index in [1.54, 1.807) is 22.7 Å². The highest BCUT2D eigenvalue weighted by Gasteiger charge is 2.20. The molecule has 1 fully saturated rings. The maximum absolute atomic E-state index is 4.75. The Morgan fingerprint density at radius 2 is 1.90 bits per heavy atom. The molecule has 0 aliphatic carbocycles. The molecule has 0 atom stereocenters. The Kier molecular flexibility index (Phi) is 9.08. The van der Waals surface area contributed by atoms with E-state index in [2.05, 4.69) is 59.0 Å². The fraction of sp³-hybridized carbons (Fsp3) is 0.682. The van der Waals surface area contributed by atoms with Gasteiger partial charge in [0.2, 0.25) is 0 Å². The largest absolute Gasteiger partial charge is 0.357 e. The number of nitrogens with zero attached hydrogens (tertiary/aromatic N) is 4. The van der Waals surface area contributed by atoms with Gasteiger partial charge in [0.15, 0.2) is 5.96 Å². The summed E-state index contributed by atoms with van der Waals surface area (Å²) in [6, 6.07) is 0. The van der Waals surface area contributed by atoms with E-state index < -0.39 is 0 Å². The summed E-state index contributed by atoms with van der Waals surface area (Å²) in [7, 11) is 0. The Balaban J connectivity index is 1.42. The third-order valence-corrected chi connectivity index (χ3v) is 7.32. The molecule has 0 unspecified atom stereocenters. The highest BCUT2D eigenvalue weighted by atomic mass is 32.1. The Bertz CT molecular complexity index is 789. The molecule has 30 heavy (non-hydrogen) atoms. The van der Waals surface area contributed by atoms with Crippen LogP contribution >= 0.6 is 22.7 Å². The molecule has 8 heteroatoms. The third kappa shape index (κ3) is 7.03. The molecule has 2 aromatic heterocycles. The van der Waals surface area contributed by atoms with Gasteiger partial charge in [-0.1, -0.05) is 20.8 Å². The molecule has 0 saturated carbocycles. The SMILES string of the molecule is CCNC(=NCc1nc(C(C)C)cs1)NCC1CCN(Cc2csc(CC)n2)CC1. The van der Waals surface area contributed by atoms with Crippen molar-refractivity contribution in [1.82, 2.24) is 25.5 Å². The van der Waals surface area contributed by atoms with Gasteiger partial charge in [-0.05, 0) is 51.1 Å². The van der Waals surface area contributed by atoms with Crippen LogP contribution in [0.1, 0.15) is 67.9 Å². The van der Waals surface area contributed by atoms with Crippen molar-refractivity contribution < 1.29 is 0 Å². The summed E-state index contributed by atoms with van der Waals surface area (Å²) in [6.07, 6.45) is 3.48. The number of guanidine groups is 1. The summed E-state index contributed by atoms with van der Waals surface area (Å²) >= 11 is 3.49. The highest BCUT2D eigenvalue weighted by molar-refractivity contribution is 7.09. The molecule has 0 aromatic carbocycles. The number of likely N-dealkylation sites (tertiary alicyclic amines) is 1. The van der Waals surface area contributed by atoms with Crippen LogP contribution in [0.3, 0.4) is 0 Å². The van der Waals surface area contributed by atoms with Gasteiger partial charge in [-0.2, -0.15) is 0 Å². The van der Waals surface area contributed by atoms with Crippen molar-refractivity contribution in [2.45, 2.75) is 66.0 Å². The van der Waals surface area contributed by atoms with Crippen LogP contribution in [0.5, 0.6) is 0 Å². The highest BCUT2D eigenvalue weighted by Crippen LogP contribution is 2.20. The third-order valence-electron chi connectivity index (χ3n) is 5.43. The Morgan fingerprint density at radius 3 is 2.53 bits per heavy atom. The Morgan fingerprint density at radius 1 is 1.13 bits per heavy atom. The average molecular weight is 449 g/mol. The number of hydrogen-bond donors (Lipinski definition) is 2. The standard InChI is InChI=1S/C22H36N6S2/c1-5-20-26-18(14-29-20)13-28-9-7-17(8-10-28)11-24-22(23-6-2)25-12-21-27-19(15-30-21)16(3)4/h14-17H,5-13H2,1-4H3,(H2,23,24,25). The molecular formula is C22H36N6S2. The zero-order chi connectivity index (χ0) is 21.3. The minimum Gasteiger partial charge on any atom is -0.357 e. The summed E-state index contributed by atoms with van der Waals surface area (Å²) in [5.74, 6) is 2.07. The van der Waals surface area contributed by atoms with Crippen LogP contribution in [0.15, 0.2) is 15.8 Å². The summed E-state index contributed by atoms with van der Waals surface area (Å²) < 4.78 is 0. The van der Waals surface area contributed by atoms with Crippen molar-refractivity contribution >= 4 is 28.6 Å². The second-order valence-corrected chi connectivity index (χ2v) is 10.1. The monoisotopic (exact) mass is 448 g/mol. The molecule has 0 bridgehead atoms. The summed E-state index contributed by atoms with van der Waals surface area (Å²) in [5.41, 5.74) is 2.40. The maximum Gasteiger partial charge on any atom is 0.191 e. The van der Waals surface area contributed by atoms with Gasteiger partial charge in [-0.3, -0.25) is 4.90 Å². The molecular weight excluding hydrogens is 412 g/mol. The van der Waals surface area contributed by atoms with Crippen LogP contribution in [0, 0.1) is 5.92 Å². The molecule has 2 aromatic rings. The van der Waals surface area contributed by atoms with Gasteiger partial charge < -0.3 is 10.6 Å². The van der Waals surface area contributed by atoms with Gasteiger partial charge in [-0.25, -0.2) is 15.0 Å². The predicted molar refractivity (Wildman–Crippen MR) is 129 cm³/mol. The zero-order valence-electron chi connectivity index (χ0n) is 18.8. The lowest BCUT2D eigenvalue weighted by Gasteiger charge is -2.31. The average Bonchev–Trinajstić information content (AvgIpc) is 3.40. The number of aryl methyl sites for hydroxylation is 1. The first-order chi connectivity index (χ1) is 14.6. The summed E-state index contributed by atoms with van der Waals surface area (Å²) in [4.78, 5) is 16.7. The number of aromatic nitrogens is 2. The number of piperidine rings is 1. The van der Waals surface area contributed by atoms with Crippen LogP contribution in [-0.2, 0) is 19.5 Å². The normalized spacial score (nSPS) is 16.4. The van der Waals surface area contributed by atoms with Crippen molar-refractivity contribution in [3.05, 3.63) is 32.2 Å². The molecule has 0 spiro atoms. The lowest BCUT2D eigenvalue weighted by Crippen LogP contribution is -2.42. The molecule has 3 heterocycles. The van der Waals surface area contributed by atoms with Gasteiger partial charge in [0.25, 0.3) is 0 Å². The second kappa shape index (κ2) is 11.8. The molecule has 166 valence electrons. The van der Waals surface area contributed by atoms with Crippen LogP contribution in [0.2, 0.25) is 0 Å². The summed E-state index contributed by atoms with van der Waals surface area (Å²) in [5, 5.41) is 13.6. The Hall–Kier alpha value is -1.51. The minimum absolute atomic E-state index is 0.473. The number of aliphatic imine (C=N–C) groups is 1. The van der Waals surface area contributed by atoms with E-state index in [0.29, 0.717) is 18.4 Å². The smallest absolute Gasteiger partial charge is 0.191 e. The van der Waals surface area contributed by atoms with Crippen LogP contribution < -0.4 is 10.6 Å². The van der Waals surface area contributed by atoms with E-state index >= 15 is 0 Å². The van der Waals surface area contributed by atoms with Crippen molar-refractivity contribution in [3.63, 3.8) is 0 Å². The number of rotatable bonds is 9. The first kappa shape index (κ1) is 23.2. The van der Waals surface area contributed by atoms with Crippen LogP contribution in [-0.4, -0.2) is 47.0 Å². The fourth-order valence-electron chi connectivity index (χ4n) is 3.55. The molecule has 1 saturated heterocycles. The minimum atomic E-state index is 0.473. The molecule has 1 aliphatic heterocycles. The van der Waals surface area contributed by atoms with Crippen molar-refractivity contribution in [3.8, 4) is 0 Å². The van der Waals surface area contributed by atoms with Gasteiger partial charge in [0.1, 0.15) is 5.01 Å². The molecule has 1 aliphatic rings. The van der Waals surface area contributed by atoms with E-state index in [9.17, 15) is 0 Å². The first-order valence-corrected chi connectivity index (χ1v) is 12.9. The van der Waals surface area contributed by atoms with Gasteiger partial charge >= 0.3 is 0 Å². The van der Waals surface area contributed by atoms with Gasteiger partial charge in [0.05, 0.1) is 22.9 Å². The van der Waals surface area contributed by atoms with E-state index in [1.807, 2.05) is 0 Å². The molecule has 0 radical (unpaired) electrons. The van der Waals surface area contributed by atoms with Gasteiger partial charge in [0, 0.05) is 30.4 Å². The molecule has 6 nitrogen and oxygen atoms in total. The van der Waals surface area contributed by atoms with E-state index in [0.717, 1.165) is 50.1 Å². The number of hydrogen-bond acceptors (Lipinski definition) is 6. The molecule has 0 amide bonds. The predicted octanol–water partition coefficient (Wildman–Crippen LogP) is 4.25. The van der Waals surface area contributed by atoms with Gasteiger partial charge in [-0.15, -0.1) is 22.7 Å². The van der Waals surface area contributed by atoms with E-state index in [4.69, 9.17) is 9.98 Å². The fourth-order valence-corrected chi connectivity index (χ4v) is 5.17. The summed E-state index contributed by atoms with van der Waals surface area (Å²) in [6.45, 7) is 14.4. The lowest BCUT2D eigenvalue weighted by molar-refractivity contribution is 0.176. The maximum atomic E-state index is 4.75. The second-order valence-electron chi connectivity index (χ2n) is 8.20. The first-order valence-electron chi connectivity index (χ1n) is 11.2.